The van der Waals surface area contributed by atoms with Crippen molar-refractivity contribution in [1.82, 2.24) is 9.88 Å². The topological polar surface area (TPSA) is 45.2 Å². The van der Waals surface area contributed by atoms with Gasteiger partial charge in [0, 0.05) is 34.9 Å². The molecular formula is C24H25ClFN3O. The van der Waals surface area contributed by atoms with Crippen molar-refractivity contribution in [2.75, 3.05) is 11.9 Å². The summed E-state index contributed by atoms with van der Waals surface area (Å²) in [6.07, 6.45) is 5.58. The number of nitrogens with zero attached hydrogens (tertiary/aromatic N) is 2. The lowest BCUT2D eigenvalue weighted by Crippen LogP contribution is -2.44. The van der Waals surface area contributed by atoms with Gasteiger partial charge < -0.3 is 10.2 Å². The first-order valence-corrected chi connectivity index (χ1v) is 10.8. The number of fused-ring (bicyclic) bond motifs is 1. The fourth-order valence-electron chi connectivity index (χ4n) is 4.49. The van der Waals surface area contributed by atoms with Crippen LogP contribution in [0.2, 0.25) is 5.02 Å². The van der Waals surface area contributed by atoms with Crippen LogP contribution in [0.4, 0.5) is 14.9 Å². The lowest BCUT2D eigenvalue weighted by Gasteiger charge is -2.36. The number of urea groups is 1. The molecule has 0 bridgehead atoms. The predicted octanol–water partition coefficient (Wildman–Crippen LogP) is 6.61. The fourth-order valence-corrected chi connectivity index (χ4v) is 4.62. The van der Waals surface area contributed by atoms with Gasteiger partial charge in [-0.05, 0) is 92.6 Å². The van der Waals surface area contributed by atoms with Gasteiger partial charge in [-0.15, -0.1) is 0 Å². The molecule has 1 aromatic heterocycles. The Hall–Kier alpha value is -2.66. The summed E-state index contributed by atoms with van der Waals surface area (Å²) in [6, 6.07) is 14.0. The lowest BCUT2D eigenvalue weighted by atomic mass is 9.80. The van der Waals surface area contributed by atoms with Crippen molar-refractivity contribution in [3.05, 3.63) is 71.1 Å². The number of aromatic nitrogens is 1. The van der Waals surface area contributed by atoms with E-state index in [4.69, 9.17) is 11.6 Å². The van der Waals surface area contributed by atoms with Gasteiger partial charge in [0.05, 0.1) is 5.52 Å². The molecule has 1 saturated carbocycles. The maximum atomic E-state index is 13.8. The molecule has 4 rings (SSSR count). The van der Waals surface area contributed by atoms with E-state index in [1.165, 1.54) is 6.07 Å². The second-order valence-electron chi connectivity index (χ2n) is 7.79. The van der Waals surface area contributed by atoms with E-state index >= 15 is 0 Å². The van der Waals surface area contributed by atoms with Crippen LogP contribution in [-0.4, -0.2) is 28.5 Å². The molecule has 1 aliphatic rings. The predicted molar refractivity (Wildman–Crippen MR) is 120 cm³/mol. The van der Waals surface area contributed by atoms with Gasteiger partial charge >= 0.3 is 6.03 Å². The maximum Gasteiger partial charge on any atom is 0.322 e. The summed E-state index contributed by atoms with van der Waals surface area (Å²) in [5.41, 5.74) is 2.72. The summed E-state index contributed by atoms with van der Waals surface area (Å²) in [5, 5.41) is 4.51. The molecule has 0 unspecified atom stereocenters. The molecule has 0 radical (unpaired) electrons. The van der Waals surface area contributed by atoms with E-state index in [-0.39, 0.29) is 17.9 Å². The molecule has 0 saturated heterocycles. The van der Waals surface area contributed by atoms with Crippen LogP contribution >= 0.6 is 11.6 Å². The number of anilines is 1. The quantitative estimate of drug-likeness (QED) is 0.511. The van der Waals surface area contributed by atoms with Crippen LogP contribution in [0.15, 0.2) is 54.7 Å². The Morgan fingerprint density at radius 2 is 1.87 bits per heavy atom. The molecule has 4 nitrogen and oxygen atoms in total. The third-order valence-corrected chi connectivity index (χ3v) is 6.26. The molecule has 1 aliphatic carbocycles. The molecule has 156 valence electrons. The standard InChI is InChI=1S/C24H25ClFN3O/c1-2-29(24(30)28-19-8-5-17(25)6-9-19)20-10-3-16(4-11-20)21-13-14-27-23-12-7-18(26)15-22(21)23/h5-9,12-16,20H,2-4,10-11H2,1H3,(H,28,30). The third-order valence-electron chi connectivity index (χ3n) is 6.01. The highest BCUT2D eigenvalue weighted by Crippen LogP contribution is 2.37. The molecule has 1 fully saturated rings. The van der Waals surface area contributed by atoms with Crippen LogP contribution in [0.25, 0.3) is 10.9 Å². The van der Waals surface area contributed by atoms with E-state index in [0.29, 0.717) is 17.5 Å². The molecule has 30 heavy (non-hydrogen) atoms. The number of carbonyl (C=O) groups is 1. The van der Waals surface area contributed by atoms with Crippen molar-refractivity contribution in [2.45, 2.75) is 44.6 Å². The Morgan fingerprint density at radius 3 is 2.57 bits per heavy atom. The average molecular weight is 426 g/mol. The minimum absolute atomic E-state index is 0.0836. The largest absolute Gasteiger partial charge is 0.322 e. The zero-order valence-electron chi connectivity index (χ0n) is 16.9. The Balaban J connectivity index is 1.44. The van der Waals surface area contributed by atoms with Gasteiger partial charge in [-0.25, -0.2) is 9.18 Å². The third kappa shape index (κ3) is 4.41. The van der Waals surface area contributed by atoms with Crippen molar-refractivity contribution >= 4 is 34.2 Å². The van der Waals surface area contributed by atoms with Crippen molar-refractivity contribution in [3.8, 4) is 0 Å². The molecule has 3 aromatic rings. The first-order chi connectivity index (χ1) is 14.5. The monoisotopic (exact) mass is 425 g/mol. The molecule has 1 heterocycles. The van der Waals surface area contributed by atoms with Crippen molar-refractivity contribution in [1.29, 1.82) is 0 Å². The van der Waals surface area contributed by atoms with Crippen LogP contribution in [0, 0.1) is 5.82 Å². The summed E-state index contributed by atoms with van der Waals surface area (Å²) < 4.78 is 13.8. The molecule has 1 N–H and O–H groups in total. The van der Waals surface area contributed by atoms with Gasteiger partial charge in [-0.2, -0.15) is 0 Å². The number of carbonyl (C=O) groups excluding carboxylic acids is 1. The van der Waals surface area contributed by atoms with Gasteiger partial charge in [0.25, 0.3) is 0 Å². The minimum atomic E-state index is -0.235. The van der Waals surface area contributed by atoms with Gasteiger partial charge in [-0.1, -0.05) is 11.6 Å². The zero-order valence-corrected chi connectivity index (χ0v) is 17.7. The molecule has 2 aromatic carbocycles. The minimum Gasteiger partial charge on any atom is -0.322 e. The number of amides is 2. The van der Waals surface area contributed by atoms with E-state index in [2.05, 4.69) is 10.3 Å². The van der Waals surface area contributed by atoms with Crippen molar-refractivity contribution < 1.29 is 9.18 Å². The molecule has 0 atom stereocenters. The zero-order chi connectivity index (χ0) is 21.1. The van der Waals surface area contributed by atoms with E-state index in [9.17, 15) is 9.18 Å². The number of rotatable bonds is 4. The van der Waals surface area contributed by atoms with E-state index in [1.807, 2.05) is 17.9 Å². The highest BCUT2D eigenvalue weighted by Gasteiger charge is 2.29. The Kier molecular flexibility index (Phi) is 6.18. The Morgan fingerprint density at radius 1 is 1.13 bits per heavy atom. The van der Waals surface area contributed by atoms with Crippen LogP contribution in [-0.2, 0) is 0 Å². The summed E-state index contributed by atoms with van der Waals surface area (Å²) in [7, 11) is 0. The summed E-state index contributed by atoms with van der Waals surface area (Å²) >= 11 is 5.92. The van der Waals surface area contributed by atoms with Gasteiger partial charge in [-0.3, -0.25) is 4.98 Å². The Labute approximate surface area is 181 Å². The van der Waals surface area contributed by atoms with Gasteiger partial charge in [0.2, 0.25) is 0 Å². The second kappa shape index (κ2) is 9.00. The molecule has 0 spiro atoms. The van der Waals surface area contributed by atoms with Gasteiger partial charge in [0.1, 0.15) is 5.82 Å². The van der Waals surface area contributed by atoms with Crippen LogP contribution < -0.4 is 5.32 Å². The van der Waals surface area contributed by atoms with E-state index in [0.717, 1.165) is 47.8 Å². The van der Waals surface area contributed by atoms with Gasteiger partial charge in [0.15, 0.2) is 0 Å². The normalized spacial score (nSPS) is 18.9. The van der Waals surface area contributed by atoms with Crippen LogP contribution in [0.3, 0.4) is 0 Å². The van der Waals surface area contributed by atoms with Crippen molar-refractivity contribution in [2.24, 2.45) is 0 Å². The fraction of sp³-hybridized carbons (Fsp3) is 0.333. The number of hydrogen-bond donors (Lipinski definition) is 1. The first kappa shape index (κ1) is 20.6. The molecule has 2 amide bonds. The number of pyridine rings is 1. The van der Waals surface area contributed by atoms with E-state index < -0.39 is 0 Å². The highest BCUT2D eigenvalue weighted by molar-refractivity contribution is 6.30. The van der Waals surface area contributed by atoms with Crippen molar-refractivity contribution in [3.63, 3.8) is 0 Å². The SMILES string of the molecule is CCN(C(=O)Nc1ccc(Cl)cc1)C1CCC(c2ccnc3ccc(F)cc23)CC1. The molecule has 6 heteroatoms. The summed E-state index contributed by atoms with van der Waals surface area (Å²) in [4.78, 5) is 19.1. The number of hydrogen-bond acceptors (Lipinski definition) is 2. The number of nitrogens with one attached hydrogen (secondary N) is 1. The number of benzene rings is 2. The second-order valence-corrected chi connectivity index (χ2v) is 8.23. The summed E-state index contributed by atoms with van der Waals surface area (Å²) in [5.74, 6) is 0.119. The number of halogens is 2. The van der Waals surface area contributed by atoms with Crippen LogP contribution in [0.5, 0.6) is 0 Å². The molecule has 0 aliphatic heterocycles. The molecular weight excluding hydrogens is 401 g/mol. The first-order valence-electron chi connectivity index (χ1n) is 10.4. The van der Waals surface area contributed by atoms with Crippen LogP contribution in [0.1, 0.15) is 44.1 Å². The Bertz CT molecular complexity index is 1030. The lowest BCUT2D eigenvalue weighted by molar-refractivity contribution is 0.167. The van der Waals surface area contributed by atoms with E-state index in [1.54, 1.807) is 42.6 Å². The smallest absolute Gasteiger partial charge is 0.322 e. The highest BCUT2D eigenvalue weighted by atomic mass is 35.5. The summed E-state index contributed by atoms with van der Waals surface area (Å²) in [6.45, 7) is 2.66. The maximum absolute atomic E-state index is 13.8. The average Bonchev–Trinajstić information content (AvgIpc) is 2.76.